The fraction of sp³-hybridized carbons (Fsp3) is 0.833. The Balaban J connectivity index is 2.00. The number of likely N-dealkylation sites (tertiary alicyclic amines) is 1. The zero-order valence-corrected chi connectivity index (χ0v) is 10.5. The van der Waals surface area contributed by atoms with Gasteiger partial charge in [0.2, 0.25) is 0 Å². The van der Waals surface area contributed by atoms with Crippen LogP contribution in [0, 0.1) is 5.92 Å². The summed E-state index contributed by atoms with van der Waals surface area (Å²) in [7, 11) is 0. The lowest BCUT2D eigenvalue weighted by Gasteiger charge is -2.25. The van der Waals surface area contributed by atoms with Crippen LogP contribution in [0.2, 0.25) is 0 Å². The molecule has 0 spiro atoms. The quantitative estimate of drug-likeness (QED) is 0.653. The summed E-state index contributed by atoms with van der Waals surface area (Å²) in [5.41, 5.74) is -2.10. The summed E-state index contributed by atoms with van der Waals surface area (Å²) in [5.74, 6) is -0.385. The Morgan fingerprint density at radius 2 is 2.18 bits per heavy atom. The number of ketones is 1. The van der Waals surface area contributed by atoms with Crippen LogP contribution in [0.5, 0.6) is 0 Å². The molecule has 4 nitrogen and oxygen atoms in total. The molecule has 0 bridgehead atoms. The molecule has 1 aliphatic heterocycles. The molecule has 1 saturated heterocycles. The maximum absolute atomic E-state index is 14.3. The highest BCUT2D eigenvalue weighted by Crippen LogP contribution is 2.43. The molecule has 1 saturated carbocycles. The number of nitrogens with zero attached hydrogens (tertiary/aromatic N) is 1. The van der Waals surface area contributed by atoms with E-state index in [1.54, 1.807) is 20.8 Å². The van der Waals surface area contributed by atoms with Gasteiger partial charge >= 0.3 is 6.09 Å². The molecule has 0 radical (unpaired) electrons. The predicted octanol–water partition coefficient (Wildman–Crippen LogP) is 1.92. The van der Waals surface area contributed by atoms with Gasteiger partial charge in [-0.15, -0.1) is 0 Å². The van der Waals surface area contributed by atoms with Crippen LogP contribution in [0.3, 0.4) is 0 Å². The van der Waals surface area contributed by atoms with Gasteiger partial charge in [0.05, 0.1) is 6.54 Å². The molecule has 2 atom stereocenters. The van der Waals surface area contributed by atoms with Crippen LogP contribution < -0.4 is 0 Å². The molecule has 0 aromatic rings. The third kappa shape index (κ3) is 2.42. The van der Waals surface area contributed by atoms with E-state index >= 15 is 0 Å². The van der Waals surface area contributed by atoms with E-state index in [0.717, 1.165) is 0 Å². The van der Waals surface area contributed by atoms with Crippen molar-refractivity contribution < 1.29 is 18.7 Å². The molecule has 1 amide bonds. The summed E-state index contributed by atoms with van der Waals surface area (Å²) in [4.78, 5) is 24.3. The van der Waals surface area contributed by atoms with E-state index in [-0.39, 0.29) is 37.6 Å². The third-order valence-corrected chi connectivity index (χ3v) is 3.24. The van der Waals surface area contributed by atoms with Gasteiger partial charge < -0.3 is 9.64 Å². The minimum Gasteiger partial charge on any atom is -0.444 e. The SMILES string of the molecule is CC(C)(C)OC(=O)N1C[C@@H]2CC(=O)C[C@]2(F)C1. The average Bonchev–Trinajstić information content (AvgIpc) is 2.51. The van der Waals surface area contributed by atoms with Crippen LogP contribution in [0.1, 0.15) is 33.6 Å². The van der Waals surface area contributed by atoms with Crippen molar-refractivity contribution in [3.63, 3.8) is 0 Å². The third-order valence-electron chi connectivity index (χ3n) is 3.24. The zero-order valence-electron chi connectivity index (χ0n) is 10.5. The molecular weight excluding hydrogens is 225 g/mol. The smallest absolute Gasteiger partial charge is 0.410 e. The first-order valence-corrected chi connectivity index (χ1v) is 5.88. The van der Waals surface area contributed by atoms with E-state index in [2.05, 4.69) is 0 Å². The molecule has 0 aromatic heterocycles. The summed E-state index contributed by atoms with van der Waals surface area (Å²) < 4.78 is 19.5. The van der Waals surface area contributed by atoms with Crippen molar-refractivity contribution in [3.05, 3.63) is 0 Å². The van der Waals surface area contributed by atoms with Gasteiger partial charge in [-0.25, -0.2) is 9.18 Å². The van der Waals surface area contributed by atoms with E-state index in [1.807, 2.05) is 0 Å². The van der Waals surface area contributed by atoms with Crippen molar-refractivity contribution in [1.82, 2.24) is 4.90 Å². The summed E-state index contributed by atoms with van der Waals surface area (Å²) in [6.45, 7) is 5.60. The molecule has 0 aromatic carbocycles. The van der Waals surface area contributed by atoms with E-state index in [4.69, 9.17) is 4.74 Å². The van der Waals surface area contributed by atoms with Gasteiger partial charge in [0, 0.05) is 25.3 Å². The largest absolute Gasteiger partial charge is 0.444 e. The van der Waals surface area contributed by atoms with Crippen LogP contribution in [-0.2, 0) is 9.53 Å². The number of halogens is 1. The summed E-state index contributed by atoms with van der Waals surface area (Å²) in [6.07, 6.45) is -0.302. The Kier molecular flexibility index (Phi) is 2.67. The van der Waals surface area contributed by atoms with Gasteiger partial charge in [-0.05, 0) is 20.8 Å². The minimum absolute atomic E-state index is 0.0156. The fourth-order valence-electron chi connectivity index (χ4n) is 2.53. The molecule has 1 aliphatic carbocycles. The van der Waals surface area contributed by atoms with E-state index in [9.17, 15) is 14.0 Å². The zero-order chi connectivity index (χ0) is 12.8. The standard InChI is InChI=1S/C12H18FNO3/c1-11(2,3)17-10(16)14-6-8-4-9(15)5-12(8,13)7-14/h8H,4-7H2,1-3H3/t8-,12-/m0/s1. The summed E-state index contributed by atoms with van der Waals surface area (Å²) >= 11 is 0. The van der Waals surface area contributed by atoms with E-state index in [0.29, 0.717) is 0 Å². The maximum Gasteiger partial charge on any atom is 0.410 e. The van der Waals surface area contributed by atoms with Crippen molar-refractivity contribution in [2.24, 2.45) is 5.92 Å². The van der Waals surface area contributed by atoms with Crippen LogP contribution in [0.25, 0.3) is 0 Å². The molecule has 17 heavy (non-hydrogen) atoms. The summed E-state index contributed by atoms with van der Waals surface area (Å²) in [5, 5.41) is 0. The van der Waals surface area contributed by atoms with Crippen molar-refractivity contribution in [2.45, 2.75) is 44.9 Å². The normalized spacial score (nSPS) is 32.8. The van der Waals surface area contributed by atoms with Gasteiger partial charge in [-0.3, -0.25) is 4.79 Å². The average molecular weight is 243 g/mol. The molecular formula is C12H18FNO3. The molecule has 2 fully saturated rings. The lowest BCUT2D eigenvalue weighted by molar-refractivity contribution is -0.118. The first kappa shape index (κ1) is 12.3. The molecule has 1 heterocycles. The van der Waals surface area contributed by atoms with E-state index < -0.39 is 17.4 Å². The predicted molar refractivity (Wildman–Crippen MR) is 59.4 cm³/mol. The highest BCUT2D eigenvalue weighted by molar-refractivity contribution is 5.83. The first-order chi connectivity index (χ1) is 7.70. The number of ether oxygens (including phenoxy) is 1. The Bertz CT molecular complexity index is 363. The summed E-state index contributed by atoms with van der Waals surface area (Å²) in [6, 6.07) is 0. The molecule has 2 aliphatic rings. The minimum atomic E-state index is -1.52. The number of Topliss-reactive ketones (excluding diaryl/α,β-unsaturated/α-hetero) is 1. The van der Waals surface area contributed by atoms with Crippen LogP contribution in [0.15, 0.2) is 0 Å². The highest BCUT2D eigenvalue weighted by Gasteiger charge is 2.55. The monoisotopic (exact) mass is 243 g/mol. The number of alkyl halides is 1. The van der Waals surface area contributed by atoms with Gasteiger partial charge in [-0.1, -0.05) is 0 Å². The van der Waals surface area contributed by atoms with Crippen molar-refractivity contribution >= 4 is 11.9 Å². The molecule has 0 unspecified atom stereocenters. The Hall–Kier alpha value is -1.13. The number of fused-ring (bicyclic) bond motifs is 1. The van der Waals surface area contributed by atoms with Crippen molar-refractivity contribution in [2.75, 3.05) is 13.1 Å². The molecule has 5 heteroatoms. The van der Waals surface area contributed by atoms with Gasteiger partial charge in [-0.2, -0.15) is 0 Å². The fourth-order valence-corrected chi connectivity index (χ4v) is 2.53. The first-order valence-electron chi connectivity index (χ1n) is 5.88. The Morgan fingerprint density at radius 3 is 2.71 bits per heavy atom. The highest BCUT2D eigenvalue weighted by atomic mass is 19.1. The van der Waals surface area contributed by atoms with Crippen molar-refractivity contribution in [1.29, 1.82) is 0 Å². The maximum atomic E-state index is 14.3. The number of carbonyl (C=O) groups excluding carboxylic acids is 2. The van der Waals surface area contributed by atoms with Gasteiger partial charge in [0.1, 0.15) is 17.1 Å². The number of amides is 1. The van der Waals surface area contributed by atoms with Crippen LogP contribution >= 0.6 is 0 Å². The number of rotatable bonds is 0. The number of hydrogen-bond acceptors (Lipinski definition) is 3. The Labute approximate surface area is 100 Å². The Morgan fingerprint density at radius 1 is 1.53 bits per heavy atom. The van der Waals surface area contributed by atoms with Gasteiger partial charge in [0.15, 0.2) is 0 Å². The lowest BCUT2D eigenvalue weighted by Crippen LogP contribution is -2.37. The van der Waals surface area contributed by atoms with Crippen LogP contribution in [0.4, 0.5) is 9.18 Å². The van der Waals surface area contributed by atoms with Crippen molar-refractivity contribution in [3.8, 4) is 0 Å². The van der Waals surface area contributed by atoms with E-state index in [1.165, 1.54) is 4.90 Å². The topological polar surface area (TPSA) is 46.6 Å². The van der Waals surface area contributed by atoms with Crippen LogP contribution in [-0.4, -0.2) is 41.1 Å². The lowest BCUT2D eigenvalue weighted by atomic mass is 9.97. The van der Waals surface area contributed by atoms with Gasteiger partial charge in [0.25, 0.3) is 0 Å². The molecule has 96 valence electrons. The molecule has 0 N–H and O–H groups in total. The second-order valence-corrected chi connectivity index (χ2v) is 6.01. The molecule has 2 rings (SSSR count). The number of carbonyl (C=O) groups is 2. The number of hydrogen-bond donors (Lipinski definition) is 0. The second kappa shape index (κ2) is 3.68. The second-order valence-electron chi connectivity index (χ2n) is 6.01.